The summed E-state index contributed by atoms with van der Waals surface area (Å²) in [5.41, 5.74) is 5.38. The lowest BCUT2D eigenvalue weighted by Crippen LogP contribution is -2.14. The molecule has 0 spiro atoms. The Morgan fingerprint density at radius 2 is 2.07 bits per heavy atom. The second-order valence-corrected chi connectivity index (χ2v) is 3.47. The summed E-state index contributed by atoms with van der Waals surface area (Å²) < 4.78 is 5.73. The molecule has 1 unspecified atom stereocenters. The van der Waals surface area contributed by atoms with Crippen LogP contribution in [0.1, 0.15) is 24.5 Å². The smallest absolute Gasteiger partial charge is 0.111 e. The van der Waals surface area contributed by atoms with Crippen LogP contribution in [0.15, 0.2) is 48.2 Å². The van der Waals surface area contributed by atoms with Crippen molar-refractivity contribution < 1.29 is 4.74 Å². The topological polar surface area (TPSA) is 9.23 Å². The molecular weight excluding hydrogens is 172 g/mol. The SMILES string of the molecule is C=C=C1CCCOC1c1ccccc1. The predicted molar refractivity (Wildman–Crippen MR) is 57.0 cm³/mol. The van der Waals surface area contributed by atoms with Gasteiger partial charge < -0.3 is 4.74 Å². The molecule has 1 aliphatic rings. The summed E-state index contributed by atoms with van der Waals surface area (Å²) in [5.74, 6) is 0. The molecular formula is C13H14O. The Kier molecular flexibility index (Phi) is 2.83. The summed E-state index contributed by atoms with van der Waals surface area (Å²) in [6.45, 7) is 4.56. The lowest BCUT2D eigenvalue weighted by molar-refractivity contribution is 0.0526. The van der Waals surface area contributed by atoms with E-state index in [0.29, 0.717) is 0 Å². The van der Waals surface area contributed by atoms with Gasteiger partial charge in [0.15, 0.2) is 0 Å². The van der Waals surface area contributed by atoms with E-state index < -0.39 is 0 Å². The van der Waals surface area contributed by atoms with Crippen LogP contribution in [-0.4, -0.2) is 6.61 Å². The van der Waals surface area contributed by atoms with Crippen molar-refractivity contribution in [3.05, 3.63) is 53.8 Å². The van der Waals surface area contributed by atoms with Crippen LogP contribution in [0.2, 0.25) is 0 Å². The second kappa shape index (κ2) is 4.28. The van der Waals surface area contributed by atoms with E-state index >= 15 is 0 Å². The van der Waals surface area contributed by atoms with Crippen LogP contribution in [0.3, 0.4) is 0 Å². The summed E-state index contributed by atoms with van der Waals surface area (Å²) in [6, 6.07) is 10.3. The number of ether oxygens (including phenoxy) is 1. The Hall–Kier alpha value is -1.30. The van der Waals surface area contributed by atoms with Crippen molar-refractivity contribution in [3.63, 3.8) is 0 Å². The fourth-order valence-corrected chi connectivity index (χ4v) is 1.80. The maximum absolute atomic E-state index is 5.73. The van der Waals surface area contributed by atoms with Crippen LogP contribution in [-0.2, 0) is 4.74 Å². The first-order valence-corrected chi connectivity index (χ1v) is 4.97. The highest BCUT2D eigenvalue weighted by Crippen LogP contribution is 2.31. The molecule has 1 heterocycles. The van der Waals surface area contributed by atoms with Crippen molar-refractivity contribution in [2.24, 2.45) is 0 Å². The minimum absolute atomic E-state index is 0.0856. The van der Waals surface area contributed by atoms with Gasteiger partial charge in [-0.15, -0.1) is 5.73 Å². The fraction of sp³-hybridized carbons (Fsp3) is 0.308. The molecule has 0 amide bonds. The summed E-state index contributed by atoms with van der Waals surface area (Å²) in [7, 11) is 0. The molecule has 0 aromatic heterocycles. The molecule has 0 saturated carbocycles. The standard InChI is InChI=1S/C13H14O/c1-2-11-9-6-10-14-13(11)12-7-4-3-5-8-12/h3-5,7-8,13H,1,6,9-10H2. The van der Waals surface area contributed by atoms with Gasteiger partial charge in [0.05, 0.1) is 0 Å². The molecule has 1 saturated heterocycles. The second-order valence-electron chi connectivity index (χ2n) is 3.47. The molecule has 1 fully saturated rings. The van der Waals surface area contributed by atoms with Crippen molar-refractivity contribution >= 4 is 0 Å². The highest BCUT2D eigenvalue weighted by atomic mass is 16.5. The van der Waals surface area contributed by atoms with E-state index in [4.69, 9.17) is 4.74 Å². The van der Waals surface area contributed by atoms with Crippen LogP contribution < -0.4 is 0 Å². The maximum Gasteiger partial charge on any atom is 0.111 e. The third-order valence-corrected chi connectivity index (χ3v) is 2.52. The zero-order valence-corrected chi connectivity index (χ0v) is 8.20. The number of hydrogen-bond acceptors (Lipinski definition) is 1. The molecule has 72 valence electrons. The minimum Gasteiger partial charge on any atom is -0.368 e. The number of benzene rings is 1. The average Bonchev–Trinajstić information content (AvgIpc) is 2.30. The van der Waals surface area contributed by atoms with Crippen molar-refractivity contribution in [2.75, 3.05) is 6.61 Å². The van der Waals surface area contributed by atoms with Crippen molar-refractivity contribution in [3.8, 4) is 0 Å². The van der Waals surface area contributed by atoms with E-state index in [0.717, 1.165) is 19.4 Å². The van der Waals surface area contributed by atoms with Gasteiger partial charge in [-0.05, 0) is 18.4 Å². The Bertz CT molecular complexity index is 347. The third-order valence-electron chi connectivity index (χ3n) is 2.52. The molecule has 0 bridgehead atoms. The summed E-state index contributed by atoms with van der Waals surface area (Å²) >= 11 is 0. The first-order valence-electron chi connectivity index (χ1n) is 4.97. The Balaban J connectivity index is 2.28. The molecule has 0 N–H and O–H groups in total. The normalized spacial score (nSPS) is 21.7. The average molecular weight is 186 g/mol. The van der Waals surface area contributed by atoms with Gasteiger partial charge in [0.2, 0.25) is 0 Å². The molecule has 14 heavy (non-hydrogen) atoms. The summed E-state index contributed by atoms with van der Waals surface area (Å²) in [6.07, 6.45) is 2.23. The van der Waals surface area contributed by atoms with Crippen LogP contribution >= 0.6 is 0 Å². The quantitative estimate of drug-likeness (QED) is 0.612. The van der Waals surface area contributed by atoms with Gasteiger partial charge in [0.1, 0.15) is 6.10 Å². The van der Waals surface area contributed by atoms with E-state index in [1.54, 1.807) is 0 Å². The zero-order valence-electron chi connectivity index (χ0n) is 8.20. The van der Waals surface area contributed by atoms with Crippen LogP contribution in [0.5, 0.6) is 0 Å². The fourth-order valence-electron chi connectivity index (χ4n) is 1.80. The van der Waals surface area contributed by atoms with Gasteiger partial charge in [0.25, 0.3) is 0 Å². The van der Waals surface area contributed by atoms with Crippen LogP contribution in [0.25, 0.3) is 0 Å². The molecule has 1 nitrogen and oxygen atoms in total. The van der Waals surface area contributed by atoms with E-state index in [9.17, 15) is 0 Å². The highest BCUT2D eigenvalue weighted by molar-refractivity contribution is 5.26. The molecule has 1 aliphatic heterocycles. The van der Waals surface area contributed by atoms with Gasteiger partial charge in [-0.3, -0.25) is 0 Å². The third kappa shape index (κ3) is 1.79. The maximum atomic E-state index is 5.73. The Labute approximate surface area is 84.7 Å². The van der Waals surface area contributed by atoms with E-state index in [2.05, 4.69) is 24.4 Å². The molecule has 2 rings (SSSR count). The minimum atomic E-state index is 0.0856. The molecule has 0 radical (unpaired) electrons. The van der Waals surface area contributed by atoms with E-state index in [1.165, 1.54) is 11.1 Å². The molecule has 0 aliphatic carbocycles. The first-order chi connectivity index (χ1) is 6.92. The van der Waals surface area contributed by atoms with Gasteiger partial charge in [0, 0.05) is 12.2 Å². The van der Waals surface area contributed by atoms with Crippen molar-refractivity contribution in [1.82, 2.24) is 0 Å². The Morgan fingerprint density at radius 1 is 1.29 bits per heavy atom. The predicted octanol–water partition coefficient (Wildman–Crippen LogP) is 3.25. The number of rotatable bonds is 1. The van der Waals surface area contributed by atoms with Crippen molar-refractivity contribution in [1.29, 1.82) is 0 Å². The largest absolute Gasteiger partial charge is 0.368 e. The zero-order chi connectivity index (χ0) is 9.80. The molecule has 1 atom stereocenters. The van der Waals surface area contributed by atoms with Crippen LogP contribution in [0, 0.1) is 0 Å². The van der Waals surface area contributed by atoms with Gasteiger partial charge in [-0.25, -0.2) is 0 Å². The molecule has 1 aromatic rings. The summed E-state index contributed by atoms with van der Waals surface area (Å²) in [5, 5.41) is 0. The van der Waals surface area contributed by atoms with Crippen LogP contribution in [0.4, 0.5) is 0 Å². The lowest BCUT2D eigenvalue weighted by Gasteiger charge is -2.24. The van der Waals surface area contributed by atoms with Gasteiger partial charge in [-0.1, -0.05) is 36.9 Å². The highest BCUT2D eigenvalue weighted by Gasteiger charge is 2.20. The van der Waals surface area contributed by atoms with Gasteiger partial charge in [-0.2, -0.15) is 0 Å². The van der Waals surface area contributed by atoms with E-state index in [-0.39, 0.29) is 6.10 Å². The first kappa shape index (κ1) is 9.26. The number of hydrogen-bond donors (Lipinski definition) is 0. The molecule has 1 aromatic carbocycles. The van der Waals surface area contributed by atoms with Crippen molar-refractivity contribution in [2.45, 2.75) is 18.9 Å². The Morgan fingerprint density at radius 3 is 2.79 bits per heavy atom. The summed E-state index contributed by atoms with van der Waals surface area (Å²) in [4.78, 5) is 0. The van der Waals surface area contributed by atoms with Gasteiger partial charge >= 0.3 is 0 Å². The molecule has 1 heteroatoms. The lowest BCUT2D eigenvalue weighted by atomic mass is 9.96. The monoisotopic (exact) mass is 186 g/mol. The van der Waals surface area contributed by atoms with E-state index in [1.807, 2.05) is 18.2 Å².